The van der Waals surface area contributed by atoms with Crippen molar-refractivity contribution in [2.75, 3.05) is 0 Å². The maximum atomic E-state index is 10.6. The number of rotatable bonds is 1. The van der Waals surface area contributed by atoms with Crippen molar-refractivity contribution < 1.29 is 4.79 Å². The number of nitrogens with zero attached hydrogens (tertiary/aromatic N) is 1. The second kappa shape index (κ2) is 2.93. The molecule has 1 aromatic heterocycles. The van der Waals surface area contributed by atoms with Crippen LogP contribution in [0, 0.1) is 5.21 Å². The summed E-state index contributed by atoms with van der Waals surface area (Å²) in [5, 5.41) is 9.81. The summed E-state index contributed by atoms with van der Waals surface area (Å²) < 4.78 is 0. The molecule has 0 saturated heterocycles. The molecule has 0 aromatic carbocycles. The summed E-state index contributed by atoms with van der Waals surface area (Å²) in [7, 11) is 0. The minimum Gasteiger partial charge on any atom is -0.759 e. The fourth-order valence-electron chi connectivity index (χ4n) is 0.562. The van der Waals surface area contributed by atoms with Gasteiger partial charge in [0.05, 0.1) is 0 Å². The summed E-state index contributed by atoms with van der Waals surface area (Å²) in [6.45, 7) is 0. The number of hydrogen-bond acceptors (Lipinski definition) is 3. The Balaban J connectivity index is 2.85. The number of carbonyl (C=O) groups excluding carboxylic acids is 1. The van der Waals surface area contributed by atoms with Crippen LogP contribution in [-0.2, 0) is 0 Å². The molecule has 4 nitrogen and oxygen atoms in total. The van der Waals surface area contributed by atoms with Crippen molar-refractivity contribution in [3.05, 3.63) is 35.3 Å². The van der Waals surface area contributed by atoms with Gasteiger partial charge in [0.1, 0.15) is 0 Å². The van der Waals surface area contributed by atoms with E-state index in [-0.39, 0.29) is 0 Å². The van der Waals surface area contributed by atoms with Gasteiger partial charge < -0.3 is 10.7 Å². The molecule has 0 spiro atoms. The van der Waals surface area contributed by atoms with Gasteiger partial charge in [-0.25, -0.2) is 0 Å². The molecule has 0 unspecified atom stereocenters. The van der Waals surface area contributed by atoms with Crippen molar-refractivity contribution in [3.8, 4) is 0 Å². The van der Waals surface area contributed by atoms with Gasteiger partial charge in [0.15, 0.2) is 0 Å². The minimum absolute atomic E-state index is 0.324. The molecule has 0 bridgehead atoms. The van der Waals surface area contributed by atoms with E-state index in [0.29, 0.717) is 5.56 Å². The molecule has 0 radical (unpaired) electrons. The van der Waals surface area contributed by atoms with Crippen molar-refractivity contribution >= 4 is 5.91 Å². The van der Waals surface area contributed by atoms with E-state index in [1.807, 2.05) is 0 Å². The number of amides is 1. The first-order valence-corrected chi connectivity index (χ1v) is 2.67. The summed E-state index contributed by atoms with van der Waals surface area (Å²) in [6.07, 6.45) is 2.90. The molecule has 1 heterocycles. The smallest absolute Gasteiger partial charge is 0.240 e. The van der Waals surface area contributed by atoms with Crippen molar-refractivity contribution in [3.63, 3.8) is 0 Å². The fourth-order valence-corrected chi connectivity index (χ4v) is 0.562. The van der Waals surface area contributed by atoms with E-state index in [1.54, 1.807) is 0 Å². The molecule has 0 fully saturated rings. The van der Waals surface area contributed by atoms with E-state index in [0.717, 1.165) is 0 Å². The highest BCUT2D eigenvalue weighted by Crippen LogP contribution is 1.93. The van der Waals surface area contributed by atoms with E-state index in [9.17, 15) is 10.0 Å². The molecule has 4 heteroatoms. The lowest BCUT2D eigenvalue weighted by molar-refractivity contribution is 0.0970. The van der Waals surface area contributed by atoms with E-state index < -0.39 is 5.91 Å². The molecule has 0 aliphatic carbocycles. The second-order valence-corrected chi connectivity index (χ2v) is 1.67. The highest BCUT2D eigenvalue weighted by Gasteiger charge is 1.96. The van der Waals surface area contributed by atoms with Crippen LogP contribution in [-0.4, -0.2) is 10.9 Å². The third-order valence-corrected chi connectivity index (χ3v) is 1.04. The van der Waals surface area contributed by atoms with Gasteiger partial charge >= 0.3 is 0 Å². The molecule has 1 aromatic rings. The lowest BCUT2D eigenvalue weighted by Gasteiger charge is -2.05. The number of pyridine rings is 1. The number of hydrogen-bond donors (Lipinski definition) is 1. The van der Waals surface area contributed by atoms with Crippen molar-refractivity contribution in [1.29, 1.82) is 0 Å². The number of carbonyl (C=O) groups is 1. The quantitative estimate of drug-likeness (QED) is 0.566. The van der Waals surface area contributed by atoms with Gasteiger partial charge in [-0.3, -0.25) is 9.78 Å². The van der Waals surface area contributed by atoms with E-state index in [1.165, 1.54) is 30.0 Å². The Morgan fingerprint density at radius 2 is 2.10 bits per heavy atom. The van der Waals surface area contributed by atoms with E-state index in [4.69, 9.17) is 0 Å². The van der Waals surface area contributed by atoms with Crippen LogP contribution in [0.4, 0.5) is 0 Å². The molecule has 10 heavy (non-hydrogen) atoms. The molecular weight excluding hydrogens is 132 g/mol. The zero-order valence-corrected chi connectivity index (χ0v) is 5.07. The molecule has 52 valence electrons. The van der Waals surface area contributed by atoms with E-state index >= 15 is 0 Å². The van der Waals surface area contributed by atoms with Crippen LogP contribution >= 0.6 is 0 Å². The predicted molar refractivity (Wildman–Crippen MR) is 35.1 cm³/mol. The normalized spacial score (nSPS) is 8.90. The first kappa shape index (κ1) is 6.70. The predicted octanol–water partition coefficient (Wildman–Crippen LogP) is 0.309. The molecule has 1 amide bonds. The van der Waals surface area contributed by atoms with Crippen LogP contribution in [0.15, 0.2) is 24.5 Å². The standard InChI is InChI=1S/C6H5N2O2/c9-6(8-10)5-1-3-7-4-2-5/h1-4H,(H-,7,8,9,10)/q-1. The first-order chi connectivity index (χ1) is 4.84. The lowest BCUT2D eigenvalue weighted by atomic mass is 10.3. The Morgan fingerprint density at radius 1 is 1.50 bits per heavy atom. The van der Waals surface area contributed by atoms with Crippen molar-refractivity contribution in [2.24, 2.45) is 0 Å². The Kier molecular flexibility index (Phi) is 1.96. The van der Waals surface area contributed by atoms with Crippen LogP contribution in [0.1, 0.15) is 10.4 Å². The Hall–Kier alpha value is -1.42. The van der Waals surface area contributed by atoms with Crippen LogP contribution in [0.5, 0.6) is 0 Å². The van der Waals surface area contributed by atoms with E-state index in [2.05, 4.69) is 4.98 Å². The highest BCUT2D eigenvalue weighted by molar-refractivity contribution is 5.94. The third-order valence-electron chi connectivity index (χ3n) is 1.04. The lowest BCUT2D eigenvalue weighted by Crippen LogP contribution is -2.15. The number of hydroxylamine groups is 1. The SMILES string of the molecule is O=C(N[O-])c1ccncc1. The highest BCUT2D eigenvalue weighted by atomic mass is 16.5. The monoisotopic (exact) mass is 137 g/mol. The van der Waals surface area contributed by atoms with Gasteiger partial charge in [0.2, 0.25) is 5.91 Å². The minimum atomic E-state index is -0.637. The van der Waals surface area contributed by atoms with Crippen LogP contribution in [0.2, 0.25) is 0 Å². The van der Waals surface area contributed by atoms with Crippen LogP contribution in [0.25, 0.3) is 0 Å². The number of aromatic nitrogens is 1. The van der Waals surface area contributed by atoms with Gasteiger partial charge in [-0.05, 0) is 12.1 Å². The molecular formula is C6H5N2O2-. The molecule has 0 saturated carbocycles. The second-order valence-electron chi connectivity index (χ2n) is 1.67. The van der Waals surface area contributed by atoms with Crippen molar-refractivity contribution in [2.45, 2.75) is 0 Å². The average molecular weight is 137 g/mol. The largest absolute Gasteiger partial charge is 0.759 e. The molecule has 0 atom stereocenters. The molecule has 1 N–H and O–H groups in total. The third kappa shape index (κ3) is 1.29. The molecule has 0 aliphatic heterocycles. The summed E-state index contributed by atoms with van der Waals surface area (Å²) in [5.41, 5.74) is 1.59. The zero-order chi connectivity index (χ0) is 7.40. The first-order valence-electron chi connectivity index (χ1n) is 2.67. The summed E-state index contributed by atoms with van der Waals surface area (Å²) in [5.74, 6) is -0.637. The summed E-state index contributed by atoms with van der Waals surface area (Å²) in [6, 6.07) is 2.93. The Labute approximate surface area is 57.5 Å². The van der Waals surface area contributed by atoms with Crippen LogP contribution in [0.3, 0.4) is 0 Å². The molecule has 1 rings (SSSR count). The summed E-state index contributed by atoms with van der Waals surface area (Å²) in [4.78, 5) is 14.2. The zero-order valence-electron chi connectivity index (χ0n) is 5.07. The van der Waals surface area contributed by atoms with Crippen molar-refractivity contribution in [1.82, 2.24) is 10.5 Å². The Bertz CT molecular complexity index is 222. The van der Waals surface area contributed by atoms with Gasteiger partial charge in [0.25, 0.3) is 0 Å². The maximum absolute atomic E-state index is 10.6. The van der Waals surface area contributed by atoms with Gasteiger partial charge in [-0.2, -0.15) is 0 Å². The molecule has 0 aliphatic rings. The Morgan fingerprint density at radius 3 is 2.60 bits per heavy atom. The number of nitrogens with one attached hydrogen (secondary N) is 1. The van der Waals surface area contributed by atoms with Gasteiger partial charge in [-0.1, -0.05) is 0 Å². The van der Waals surface area contributed by atoms with Gasteiger partial charge in [-0.15, -0.1) is 0 Å². The summed E-state index contributed by atoms with van der Waals surface area (Å²) >= 11 is 0. The topological polar surface area (TPSA) is 65.0 Å². The maximum Gasteiger partial charge on any atom is 0.240 e. The van der Waals surface area contributed by atoms with Crippen LogP contribution < -0.4 is 5.48 Å². The van der Waals surface area contributed by atoms with Gasteiger partial charge in [0, 0.05) is 18.0 Å². The fraction of sp³-hybridized carbons (Fsp3) is 0. The average Bonchev–Trinajstić information content (AvgIpc) is 2.05.